The Morgan fingerprint density at radius 3 is 2.44 bits per heavy atom. The molecular formula is C19H19N5S. The third kappa shape index (κ3) is 4.46. The topological polar surface area (TPSA) is 67.4 Å². The normalized spacial score (nSPS) is 10.6. The van der Waals surface area contributed by atoms with Gasteiger partial charge in [-0.3, -0.25) is 0 Å². The molecule has 2 aromatic carbocycles. The second kappa shape index (κ2) is 8.45. The summed E-state index contributed by atoms with van der Waals surface area (Å²) in [6.07, 6.45) is 3.51. The molecule has 0 aliphatic heterocycles. The Balaban J connectivity index is 1.68. The van der Waals surface area contributed by atoms with Crippen molar-refractivity contribution in [3.63, 3.8) is 0 Å². The van der Waals surface area contributed by atoms with E-state index in [0.717, 1.165) is 28.6 Å². The summed E-state index contributed by atoms with van der Waals surface area (Å²) >= 11 is 1.58. The summed E-state index contributed by atoms with van der Waals surface area (Å²) in [7, 11) is 0. The summed E-state index contributed by atoms with van der Waals surface area (Å²) in [4.78, 5) is 0. The van der Waals surface area contributed by atoms with Crippen molar-refractivity contribution in [1.29, 1.82) is 5.26 Å². The molecular weight excluding hydrogens is 330 g/mol. The molecule has 0 radical (unpaired) electrons. The lowest BCUT2D eigenvalue weighted by Crippen LogP contribution is -1.99. The molecule has 1 heterocycles. The van der Waals surface area contributed by atoms with E-state index in [2.05, 4.69) is 52.8 Å². The van der Waals surface area contributed by atoms with Crippen LogP contribution < -0.4 is 0 Å². The van der Waals surface area contributed by atoms with Gasteiger partial charge >= 0.3 is 0 Å². The Bertz CT molecular complexity index is 847. The monoisotopic (exact) mass is 349 g/mol. The molecule has 0 aliphatic carbocycles. The summed E-state index contributed by atoms with van der Waals surface area (Å²) in [6.45, 7) is 2.20. The highest BCUT2D eigenvalue weighted by molar-refractivity contribution is 7.98. The minimum Gasteiger partial charge on any atom is -0.192 e. The molecule has 0 bridgehead atoms. The van der Waals surface area contributed by atoms with Crippen LogP contribution >= 0.6 is 11.8 Å². The van der Waals surface area contributed by atoms with Crippen LogP contribution in [0.5, 0.6) is 0 Å². The van der Waals surface area contributed by atoms with E-state index < -0.39 is 0 Å². The third-order valence-electron chi connectivity index (χ3n) is 3.89. The zero-order chi connectivity index (χ0) is 17.5. The zero-order valence-electron chi connectivity index (χ0n) is 14.1. The fraction of sp³-hybridized carbons (Fsp3) is 0.263. The molecule has 0 aliphatic rings. The number of aromatic nitrogens is 4. The molecule has 0 spiro atoms. The number of hydrogen-bond donors (Lipinski definition) is 0. The Kier molecular flexibility index (Phi) is 5.81. The van der Waals surface area contributed by atoms with Gasteiger partial charge in [0.15, 0.2) is 0 Å². The van der Waals surface area contributed by atoms with Gasteiger partial charge in [0.05, 0.1) is 17.3 Å². The molecule has 0 atom stereocenters. The first-order valence-electron chi connectivity index (χ1n) is 8.29. The van der Waals surface area contributed by atoms with Gasteiger partial charge < -0.3 is 0 Å². The molecule has 3 aromatic rings. The SMILES string of the molecule is CCCCc1ccc(-n2nnnc2SCc2ccc(C#N)cc2)cc1. The van der Waals surface area contributed by atoms with Gasteiger partial charge in [-0.25, -0.2) is 0 Å². The number of hydrogen-bond acceptors (Lipinski definition) is 5. The van der Waals surface area contributed by atoms with Crippen LogP contribution in [0.4, 0.5) is 0 Å². The molecule has 0 N–H and O–H groups in total. The molecule has 0 amide bonds. The number of rotatable bonds is 7. The molecule has 6 heteroatoms. The first kappa shape index (κ1) is 17.2. The van der Waals surface area contributed by atoms with Crippen LogP contribution in [0.1, 0.15) is 36.5 Å². The molecule has 0 saturated carbocycles. The predicted octanol–water partition coefficient (Wildman–Crippen LogP) is 4.17. The van der Waals surface area contributed by atoms with Gasteiger partial charge in [-0.05, 0) is 58.7 Å². The lowest BCUT2D eigenvalue weighted by molar-refractivity contribution is 0.754. The van der Waals surface area contributed by atoms with Crippen molar-refractivity contribution in [2.45, 2.75) is 37.1 Å². The quantitative estimate of drug-likeness (QED) is 0.599. The summed E-state index contributed by atoms with van der Waals surface area (Å²) in [5.41, 5.74) is 4.10. The number of benzene rings is 2. The predicted molar refractivity (Wildman–Crippen MR) is 98.5 cm³/mol. The number of tetrazole rings is 1. The molecule has 0 fully saturated rings. The molecule has 0 saturated heterocycles. The van der Waals surface area contributed by atoms with Gasteiger partial charge in [0.25, 0.3) is 0 Å². The number of thioether (sulfide) groups is 1. The van der Waals surface area contributed by atoms with Crippen LogP contribution in [-0.2, 0) is 12.2 Å². The van der Waals surface area contributed by atoms with Crippen LogP contribution in [0.25, 0.3) is 5.69 Å². The van der Waals surface area contributed by atoms with Gasteiger partial charge in [-0.1, -0.05) is 49.4 Å². The maximum absolute atomic E-state index is 8.85. The molecule has 0 unspecified atom stereocenters. The number of aryl methyl sites for hydroxylation is 1. The minimum atomic E-state index is 0.668. The lowest BCUT2D eigenvalue weighted by atomic mass is 10.1. The van der Waals surface area contributed by atoms with Crippen LogP contribution in [0, 0.1) is 11.3 Å². The second-order valence-electron chi connectivity index (χ2n) is 5.74. The van der Waals surface area contributed by atoms with Crippen LogP contribution in [0.2, 0.25) is 0 Å². The van der Waals surface area contributed by atoms with Crippen molar-refractivity contribution in [3.05, 3.63) is 65.2 Å². The number of nitriles is 1. The Labute approximate surface area is 151 Å². The van der Waals surface area contributed by atoms with Crippen LogP contribution in [0.3, 0.4) is 0 Å². The number of nitrogens with zero attached hydrogens (tertiary/aromatic N) is 5. The fourth-order valence-electron chi connectivity index (χ4n) is 2.44. The van der Waals surface area contributed by atoms with Crippen molar-refractivity contribution in [2.75, 3.05) is 0 Å². The van der Waals surface area contributed by atoms with E-state index in [1.165, 1.54) is 18.4 Å². The van der Waals surface area contributed by atoms with Crippen molar-refractivity contribution >= 4 is 11.8 Å². The third-order valence-corrected chi connectivity index (χ3v) is 4.88. The second-order valence-corrected chi connectivity index (χ2v) is 6.68. The van der Waals surface area contributed by atoms with Crippen molar-refractivity contribution in [3.8, 4) is 11.8 Å². The van der Waals surface area contributed by atoms with Gasteiger partial charge in [-0.2, -0.15) is 9.94 Å². The lowest BCUT2D eigenvalue weighted by Gasteiger charge is -2.06. The van der Waals surface area contributed by atoms with E-state index in [0.29, 0.717) is 5.56 Å². The molecule has 3 rings (SSSR count). The Morgan fingerprint density at radius 2 is 1.76 bits per heavy atom. The minimum absolute atomic E-state index is 0.668. The fourth-order valence-corrected chi connectivity index (χ4v) is 3.29. The Morgan fingerprint density at radius 1 is 1.04 bits per heavy atom. The molecule has 25 heavy (non-hydrogen) atoms. The van der Waals surface area contributed by atoms with Gasteiger partial charge in [0, 0.05) is 5.75 Å². The van der Waals surface area contributed by atoms with Crippen molar-refractivity contribution in [1.82, 2.24) is 20.2 Å². The zero-order valence-corrected chi connectivity index (χ0v) is 14.9. The maximum Gasteiger partial charge on any atom is 0.214 e. The van der Waals surface area contributed by atoms with E-state index >= 15 is 0 Å². The van der Waals surface area contributed by atoms with Gasteiger partial charge in [-0.15, -0.1) is 5.10 Å². The highest BCUT2D eigenvalue weighted by atomic mass is 32.2. The molecule has 1 aromatic heterocycles. The summed E-state index contributed by atoms with van der Waals surface area (Å²) < 4.78 is 1.76. The average Bonchev–Trinajstić information content (AvgIpc) is 3.14. The van der Waals surface area contributed by atoms with E-state index in [1.54, 1.807) is 16.4 Å². The first-order valence-corrected chi connectivity index (χ1v) is 9.28. The summed E-state index contributed by atoms with van der Waals surface area (Å²) in [5, 5.41) is 21.7. The summed E-state index contributed by atoms with van der Waals surface area (Å²) in [5.74, 6) is 0.751. The smallest absolute Gasteiger partial charge is 0.192 e. The van der Waals surface area contributed by atoms with Crippen LogP contribution in [0.15, 0.2) is 53.7 Å². The first-order chi connectivity index (χ1) is 12.3. The van der Waals surface area contributed by atoms with E-state index in [9.17, 15) is 0 Å². The average molecular weight is 349 g/mol. The van der Waals surface area contributed by atoms with Crippen molar-refractivity contribution in [2.24, 2.45) is 0 Å². The molecule has 126 valence electrons. The summed E-state index contributed by atoms with van der Waals surface area (Å²) in [6, 6.07) is 18.1. The van der Waals surface area contributed by atoms with E-state index in [-0.39, 0.29) is 0 Å². The number of unbranched alkanes of at least 4 members (excludes halogenated alkanes) is 1. The highest BCUT2D eigenvalue weighted by Gasteiger charge is 2.09. The Hall–Kier alpha value is -2.65. The van der Waals surface area contributed by atoms with E-state index in [1.807, 2.05) is 24.3 Å². The van der Waals surface area contributed by atoms with Crippen molar-refractivity contribution < 1.29 is 0 Å². The van der Waals surface area contributed by atoms with E-state index in [4.69, 9.17) is 5.26 Å². The van der Waals surface area contributed by atoms with Gasteiger partial charge in [0.2, 0.25) is 5.16 Å². The van der Waals surface area contributed by atoms with Gasteiger partial charge in [0.1, 0.15) is 0 Å². The maximum atomic E-state index is 8.85. The largest absolute Gasteiger partial charge is 0.214 e. The molecule has 5 nitrogen and oxygen atoms in total. The van der Waals surface area contributed by atoms with Crippen LogP contribution in [-0.4, -0.2) is 20.2 Å². The highest BCUT2D eigenvalue weighted by Crippen LogP contribution is 2.23. The standard InChI is InChI=1S/C19H19N5S/c1-2-3-4-15-9-11-18(12-10-15)24-19(21-22-23-24)25-14-17-7-5-16(13-20)6-8-17/h5-12H,2-4,14H2,1H3.